The molecule has 1 heterocycles. The van der Waals surface area contributed by atoms with E-state index in [9.17, 15) is 24.6 Å². The lowest BCUT2D eigenvalue weighted by Crippen LogP contribution is -2.43. The highest BCUT2D eigenvalue weighted by atomic mass is 16.5. The molecule has 0 radical (unpaired) electrons. The number of aromatic nitrogens is 2. The van der Waals surface area contributed by atoms with Crippen LogP contribution < -0.4 is 10.1 Å². The normalized spacial score (nSPS) is 19.3. The average molecular weight is 628 g/mol. The molecule has 10 heteroatoms. The molecule has 46 heavy (non-hydrogen) atoms. The standard InChI is InChI=1S/C36H41N3O7/c40-33(37-31-15-7-5-11-27(31)13-8-20-45-23-25-9-2-1-3-10-25)22-39-34(21-32(38-39)36(43)44)46-24-29-12-4-6-14-30(29)26-16-18-28(19-17-26)35(41)42/h1-4,6,9-10,12,14,16,18-19,21,26-27,31H,5,7-8,11,13,15,17,20,22-24H2,(H,37,40)(H,41,42)(H,43,44)/t26?,27?,31-/m0/s1. The Morgan fingerprint density at radius 1 is 0.957 bits per heavy atom. The summed E-state index contributed by atoms with van der Waals surface area (Å²) in [5, 5.41) is 26.2. The van der Waals surface area contributed by atoms with Gasteiger partial charge in [0.1, 0.15) is 13.2 Å². The lowest BCUT2D eigenvalue weighted by Gasteiger charge is -2.32. The van der Waals surface area contributed by atoms with Gasteiger partial charge in [-0.2, -0.15) is 5.10 Å². The van der Waals surface area contributed by atoms with E-state index < -0.39 is 11.9 Å². The molecule has 2 aliphatic carbocycles. The third-order valence-electron chi connectivity index (χ3n) is 8.66. The summed E-state index contributed by atoms with van der Waals surface area (Å²) in [5.41, 5.74) is 3.06. The molecule has 3 atom stereocenters. The van der Waals surface area contributed by atoms with E-state index in [0.717, 1.165) is 55.2 Å². The highest BCUT2D eigenvalue weighted by Crippen LogP contribution is 2.31. The average Bonchev–Trinajstić information content (AvgIpc) is 3.47. The largest absolute Gasteiger partial charge is 0.478 e. The highest BCUT2D eigenvalue weighted by Gasteiger charge is 2.27. The van der Waals surface area contributed by atoms with Crippen molar-refractivity contribution >= 4 is 17.8 Å². The molecular formula is C36H41N3O7. The van der Waals surface area contributed by atoms with Crippen molar-refractivity contribution in [2.45, 2.75) is 76.7 Å². The Hall–Kier alpha value is -4.70. The third-order valence-corrected chi connectivity index (χ3v) is 8.66. The van der Waals surface area contributed by atoms with Gasteiger partial charge in [0.15, 0.2) is 5.69 Å². The van der Waals surface area contributed by atoms with E-state index in [1.54, 1.807) is 12.2 Å². The quantitative estimate of drug-likeness (QED) is 0.177. The predicted molar refractivity (Wildman–Crippen MR) is 171 cm³/mol. The zero-order valence-corrected chi connectivity index (χ0v) is 25.8. The van der Waals surface area contributed by atoms with E-state index in [2.05, 4.69) is 10.4 Å². The Kier molecular flexibility index (Phi) is 11.4. The van der Waals surface area contributed by atoms with Gasteiger partial charge in [0.2, 0.25) is 11.8 Å². The van der Waals surface area contributed by atoms with E-state index >= 15 is 0 Å². The number of rotatable bonds is 15. The third kappa shape index (κ3) is 8.94. The molecule has 0 aliphatic heterocycles. The summed E-state index contributed by atoms with van der Waals surface area (Å²) in [4.78, 5) is 36.3. The molecule has 2 unspecified atom stereocenters. The van der Waals surface area contributed by atoms with Crippen LogP contribution in [-0.2, 0) is 34.1 Å². The topological polar surface area (TPSA) is 140 Å². The molecular weight excluding hydrogens is 586 g/mol. The fraction of sp³-hybridized carbons (Fsp3) is 0.389. The van der Waals surface area contributed by atoms with Gasteiger partial charge in [-0.15, -0.1) is 0 Å². The van der Waals surface area contributed by atoms with Crippen LogP contribution >= 0.6 is 0 Å². The number of carboxylic acids is 2. The second-order valence-corrected chi connectivity index (χ2v) is 11.9. The van der Waals surface area contributed by atoms with Gasteiger partial charge in [-0.05, 0) is 54.7 Å². The second kappa shape index (κ2) is 16.0. The number of ether oxygens (including phenoxy) is 2. The number of hydrogen-bond donors (Lipinski definition) is 3. The number of allylic oxidation sites excluding steroid dienone is 2. The van der Waals surface area contributed by atoms with Crippen LogP contribution in [0, 0.1) is 5.92 Å². The smallest absolute Gasteiger partial charge is 0.356 e. The summed E-state index contributed by atoms with van der Waals surface area (Å²) >= 11 is 0. The first-order valence-electron chi connectivity index (χ1n) is 15.9. The van der Waals surface area contributed by atoms with E-state index in [1.165, 1.54) is 10.7 Å². The van der Waals surface area contributed by atoms with Crippen molar-refractivity contribution in [2.24, 2.45) is 5.92 Å². The van der Waals surface area contributed by atoms with E-state index in [-0.39, 0.29) is 48.2 Å². The molecule has 1 fully saturated rings. The molecule has 2 aliphatic rings. The molecule has 3 N–H and O–H groups in total. The molecule has 1 aromatic heterocycles. The monoisotopic (exact) mass is 627 g/mol. The van der Waals surface area contributed by atoms with E-state index in [1.807, 2.05) is 60.7 Å². The van der Waals surface area contributed by atoms with Crippen molar-refractivity contribution in [3.63, 3.8) is 0 Å². The minimum Gasteiger partial charge on any atom is -0.478 e. The van der Waals surface area contributed by atoms with Crippen molar-refractivity contribution in [2.75, 3.05) is 6.61 Å². The van der Waals surface area contributed by atoms with Crippen molar-refractivity contribution in [3.05, 3.63) is 107 Å². The SMILES string of the molecule is O=C(Cn1nc(C(=O)O)cc1OCc1ccccc1C1C=CC(C(=O)O)=CC1)N[C@H]1CCCCC1CCCOCc1ccccc1. The second-order valence-electron chi connectivity index (χ2n) is 11.9. The number of amides is 1. The zero-order chi connectivity index (χ0) is 32.3. The first kappa shape index (κ1) is 32.7. The Bertz CT molecular complexity index is 1560. The van der Waals surface area contributed by atoms with Gasteiger partial charge in [0, 0.05) is 24.6 Å². The van der Waals surface area contributed by atoms with Crippen molar-refractivity contribution in [3.8, 4) is 5.88 Å². The van der Waals surface area contributed by atoms with Crippen LogP contribution in [0.5, 0.6) is 5.88 Å². The van der Waals surface area contributed by atoms with Crippen LogP contribution in [0.3, 0.4) is 0 Å². The van der Waals surface area contributed by atoms with Crippen LogP contribution in [0.25, 0.3) is 0 Å². The Balaban J connectivity index is 1.17. The van der Waals surface area contributed by atoms with Gasteiger partial charge in [0.25, 0.3) is 0 Å². The Labute approximate surface area is 268 Å². The minimum atomic E-state index is -1.21. The number of aliphatic carboxylic acids is 1. The Morgan fingerprint density at radius 3 is 2.50 bits per heavy atom. The summed E-state index contributed by atoms with van der Waals surface area (Å²) in [6.45, 7) is 1.21. The van der Waals surface area contributed by atoms with Crippen molar-refractivity contribution in [1.82, 2.24) is 15.1 Å². The number of aromatic carboxylic acids is 1. The molecule has 1 saturated carbocycles. The first-order valence-corrected chi connectivity index (χ1v) is 15.9. The number of hydrogen-bond acceptors (Lipinski definition) is 6. The summed E-state index contributed by atoms with van der Waals surface area (Å²) in [6.07, 6.45) is 11.7. The number of carboxylic acid groups (broad SMARTS) is 2. The number of carbonyl (C=O) groups is 3. The molecule has 10 nitrogen and oxygen atoms in total. The summed E-state index contributed by atoms with van der Waals surface area (Å²) in [7, 11) is 0. The molecule has 0 bridgehead atoms. The van der Waals surface area contributed by atoms with Crippen molar-refractivity contribution < 1.29 is 34.1 Å². The van der Waals surface area contributed by atoms with Crippen molar-refractivity contribution in [1.29, 1.82) is 0 Å². The number of nitrogens with zero attached hydrogens (tertiary/aromatic N) is 2. The molecule has 1 amide bonds. The van der Waals surface area contributed by atoms with Crippen LogP contribution in [0.1, 0.15) is 78.0 Å². The van der Waals surface area contributed by atoms with Gasteiger partial charge < -0.3 is 25.0 Å². The lowest BCUT2D eigenvalue weighted by atomic mass is 9.81. The van der Waals surface area contributed by atoms with Gasteiger partial charge in [-0.25, -0.2) is 14.3 Å². The maximum atomic E-state index is 13.2. The fourth-order valence-corrected chi connectivity index (χ4v) is 6.27. The summed E-state index contributed by atoms with van der Waals surface area (Å²) < 4.78 is 13.2. The predicted octanol–water partition coefficient (Wildman–Crippen LogP) is 5.89. The minimum absolute atomic E-state index is 0.0213. The van der Waals surface area contributed by atoms with Gasteiger partial charge in [-0.1, -0.05) is 85.7 Å². The van der Waals surface area contributed by atoms with Crippen LogP contribution in [0.15, 0.2) is 84.5 Å². The molecule has 242 valence electrons. The van der Waals surface area contributed by atoms with Gasteiger partial charge >= 0.3 is 11.9 Å². The molecule has 0 spiro atoms. The van der Waals surface area contributed by atoms with Gasteiger partial charge in [0.05, 0.1) is 12.2 Å². The molecule has 0 saturated heterocycles. The highest BCUT2D eigenvalue weighted by molar-refractivity contribution is 5.90. The number of nitrogens with one attached hydrogen (secondary N) is 1. The fourth-order valence-electron chi connectivity index (χ4n) is 6.27. The van der Waals surface area contributed by atoms with E-state index in [4.69, 9.17) is 9.47 Å². The maximum absolute atomic E-state index is 13.2. The van der Waals surface area contributed by atoms with Crippen LogP contribution in [0.4, 0.5) is 0 Å². The number of carbonyl (C=O) groups excluding carboxylic acids is 1. The molecule has 5 rings (SSSR count). The molecule has 3 aromatic rings. The first-order chi connectivity index (χ1) is 22.4. The number of benzene rings is 2. The zero-order valence-electron chi connectivity index (χ0n) is 25.8. The van der Waals surface area contributed by atoms with E-state index in [0.29, 0.717) is 25.6 Å². The Morgan fingerprint density at radius 2 is 1.74 bits per heavy atom. The van der Waals surface area contributed by atoms with Crippen LogP contribution in [0.2, 0.25) is 0 Å². The molecule has 2 aromatic carbocycles. The maximum Gasteiger partial charge on any atom is 0.356 e. The van der Waals surface area contributed by atoms with Gasteiger partial charge in [-0.3, -0.25) is 4.79 Å². The van der Waals surface area contributed by atoms with Crippen LogP contribution in [-0.4, -0.2) is 50.5 Å². The summed E-state index contributed by atoms with van der Waals surface area (Å²) in [5.74, 6) is -1.89. The lowest BCUT2D eigenvalue weighted by molar-refractivity contribution is -0.132. The summed E-state index contributed by atoms with van der Waals surface area (Å²) in [6, 6.07) is 19.2.